The number of hydrogen-bond acceptors (Lipinski definition) is 2. The largest absolute Gasteiger partial charge is 0.369 e. The summed E-state index contributed by atoms with van der Waals surface area (Å²) in [5, 5.41) is 3.36. The molecule has 88 valence electrons. The molecule has 1 aromatic rings. The van der Waals surface area contributed by atoms with Crippen molar-refractivity contribution in [3.63, 3.8) is 0 Å². The van der Waals surface area contributed by atoms with E-state index in [4.69, 9.17) is 0 Å². The molecule has 1 aliphatic heterocycles. The molecular weight excluding hydrogens is 264 g/mol. The van der Waals surface area contributed by atoms with Crippen molar-refractivity contribution >= 4 is 21.6 Å². The maximum absolute atomic E-state index is 3.69. The minimum Gasteiger partial charge on any atom is -0.369 e. The average molecular weight is 283 g/mol. The first kappa shape index (κ1) is 11.9. The van der Waals surface area contributed by atoms with Crippen LogP contribution in [-0.4, -0.2) is 26.2 Å². The normalized spacial score (nSPS) is 20.5. The number of nitrogens with zero attached hydrogens (tertiary/aromatic N) is 1. The third kappa shape index (κ3) is 2.25. The van der Waals surface area contributed by atoms with Crippen LogP contribution in [0.2, 0.25) is 0 Å². The van der Waals surface area contributed by atoms with Crippen LogP contribution in [-0.2, 0) is 0 Å². The van der Waals surface area contributed by atoms with E-state index < -0.39 is 0 Å². The summed E-state index contributed by atoms with van der Waals surface area (Å²) in [5.41, 5.74) is 4.05. The molecule has 0 saturated carbocycles. The highest BCUT2D eigenvalue weighted by Crippen LogP contribution is 2.33. The first-order valence-corrected chi connectivity index (χ1v) is 6.60. The van der Waals surface area contributed by atoms with Crippen LogP contribution in [0.3, 0.4) is 0 Å². The van der Waals surface area contributed by atoms with Crippen molar-refractivity contribution in [2.45, 2.75) is 26.3 Å². The molecule has 0 amide bonds. The summed E-state index contributed by atoms with van der Waals surface area (Å²) in [6, 6.07) is 5.09. The van der Waals surface area contributed by atoms with Crippen molar-refractivity contribution in [2.75, 3.05) is 25.0 Å². The van der Waals surface area contributed by atoms with Gasteiger partial charge in [-0.3, -0.25) is 0 Å². The predicted molar refractivity (Wildman–Crippen MR) is 73.3 cm³/mol. The molecule has 1 saturated heterocycles. The first-order chi connectivity index (χ1) is 7.61. The third-order valence-electron chi connectivity index (χ3n) is 3.31. The van der Waals surface area contributed by atoms with Gasteiger partial charge in [-0.2, -0.15) is 0 Å². The minimum absolute atomic E-state index is 0.632. The molecule has 1 fully saturated rings. The number of hydrogen-bond donors (Lipinski definition) is 1. The van der Waals surface area contributed by atoms with Crippen LogP contribution in [0, 0.1) is 13.8 Å². The molecule has 0 aliphatic carbocycles. The van der Waals surface area contributed by atoms with Gasteiger partial charge >= 0.3 is 0 Å². The Morgan fingerprint density at radius 3 is 2.69 bits per heavy atom. The number of halogens is 1. The highest BCUT2D eigenvalue weighted by molar-refractivity contribution is 9.10. The van der Waals surface area contributed by atoms with Gasteiger partial charge in [-0.1, -0.05) is 6.07 Å². The summed E-state index contributed by atoms with van der Waals surface area (Å²) in [5.74, 6) is 0. The third-order valence-corrected chi connectivity index (χ3v) is 3.92. The molecule has 1 aromatic carbocycles. The lowest BCUT2D eigenvalue weighted by Crippen LogP contribution is -2.29. The van der Waals surface area contributed by atoms with Gasteiger partial charge in [0.05, 0.1) is 5.69 Å². The van der Waals surface area contributed by atoms with Gasteiger partial charge in [0.15, 0.2) is 0 Å². The van der Waals surface area contributed by atoms with Gasteiger partial charge in [0, 0.05) is 23.6 Å². The molecule has 0 bridgehead atoms. The van der Waals surface area contributed by atoms with Gasteiger partial charge in [0.1, 0.15) is 0 Å². The predicted octanol–water partition coefficient (Wildman–Crippen LogP) is 2.86. The van der Waals surface area contributed by atoms with Crippen LogP contribution < -0.4 is 10.2 Å². The topological polar surface area (TPSA) is 15.3 Å². The van der Waals surface area contributed by atoms with Gasteiger partial charge < -0.3 is 10.2 Å². The number of likely N-dealkylation sites (N-methyl/N-ethyl adjacent to an activating group) is 1. The van der Waals surface area contributed by atoms with Crippen LogP contribution in [0.5, 0.6) is 0 Å². The number of nitrogens with one attached hydrogen (secondary N) is 1. The Morgan fingerprint density at radius 2 is 2.12 bits per heavy atom. The fraction of sp³-hybridized carbons (Fsp3) is 0.538. The van der Waals surface area contributed by atoms with Crippen molar-refractivity contribution in [1.82, 2.24) is 5.32 Å². The molecule has 1 heterocycles. The molecule has 2 nitrogen and oxygen atoms in total. The fourth-order valence-corrected chi connectivity index (χ4v) is 3.43. The van der Waals surface area contributed by atoms with E-state index in [1.165, 1.54) is 27.7 Å². The van der Waals surface area contributed by atoms with E-state index >= 15 is 0 Å². The Balaban J connectivity index is 2.28. The minimum atomic E-state index is 0.632. The Bertz CT molecular complexity index is 367. The average Bonchev–Trinajstić information content (AvgIpc) is 2.64. The monoisotopic (exact) mass is 282 g/mol. The zero-order valence-corrected chi connectivity index (χ0v) is 11.8. The standard InChI is InChI=1S/C13H19BrN2/c1-9-6-10(2)13(12(14)7-9)16-5-4-11(8-16)15-3/h6-7,11,15H,4-5,8H2,1-3H3. The SMILES string of the molecule is CNC1CCN(c2c(C)cc(C)cc2Br)C1. The molecular formula is C13H19BrN2. The van der Waals surface area contributed by atoms with Crippen LogP contribution >= 0.6 is 15.9 Å². The quantitative estimate of drug-likeness (QED) is 0.898. The Kier molecular flexibility index (Phi) is 3.55. The Labute approximate surface area is 106 Å². The Hall–Kier alpha value is -0.540. The van der Waals surface area contributed by atoms with E-state index in [0.717, 1.165) is 13.1 Å². The molecule has 1 unspecified atom stereocenters. The molecule has 1 atom stereocenters. The van der Waals surface area contributed by atoms with Crippen molar-refractivity contribution in [3.8, 4) is 0 Å². The molecule has 0 aromatic heterocycles. The van der Waals surface area contributed by atoms with E-state index in [9.17, 15) is 0 Å². The molecule has 1 N–H and O–H groups in total. The maximum Gasteiger partial charge on any atom is 0.0541 e. The highest BCUT2D eigenvalue weighted by atomic mass is 79.9. The lowest BCUT2D eigenvalue weighted by atomic mass is 10.1. The molecule has 1 aliphatic rings. The lowest BCUT2D eigenvalue weighted by molar-refractivity contribution is 0.617. The fourth-order valence-electron chi connectivity index (χ4n) is 2.51. The number of benzene rings is 1. The van der Waals surface area contributed by atoms with Crippen LogP contribution in [0.4, 0.5) is 5.69 Å². The van der Waals surface area contributed by atoms with Gasteiger partial charge in [0.25, 0.3) is 0 Å². The van der Waals surface area contributed by atoms with E-state index in [1.54, 1.807) is 0 Å². The van der Waals surface area contributed by atoms with Crippen molar-refractivity contribution in [3.05, 3.63) is 27.7 Å². The highest BCUT2D eigenvalue weighted by Gasteiger charge is 2.23. The van der Waals surface area contributed by atoms with E-state index in [1.807, 2.05) is 7.05 Å². The molecule has 2 rings (SSSR count). The molecule has 3 heteroatoms. The van der Waals surface area contributed by atoms with Crippen molar-refractivity contribution in [1.29, 1.82) is 0 Å². The summed E-state index contributed by atoms with van der Waals surface area (Å²) in [6.45, 7) is 6.59. The zero-order chi connectivity index (χ0) is 11.7. The molecule has 0 radical (unpaired) electrons. The van der Waals surface area contributed by atoms with Gasteiger partial charge in [-0.25, -0.2) is 0 Å². The van der Waals surface area contributed by atoms with E-state index in [-0.39, 0.29) is 0 Å². The summed E-state index contributed by atoms with van der Waals surface area (Å²) < 4.78 is 1.22. The number of rotatable bonds is 2. The summed E-state index contributed by atoms with van der Waals surface area (Å²) in [6.07, 6.45) is 1.23. The zero-order valence-electron chi connectivity index (χ0n) is 10.2. The lowest BCUT2D eigenvalue weighted by Gasteiger charge is -2.23. The summed E-state index contributed by atoms with van der Waals surface area (Å²) in [4.78, 5) is 2.47. The first-order valence-electron chi connectivity index (χ1n) is 5.80. The number of anilines is 1. The second kappa shape index (κ2) is 4.76. The second-order valence-corrected chi connectivity index (χ2v) is 5.49. The van der Waals surface area contributed by atoms with Crippen LogP contribution in [0.1, 0.15) is 17.5 Å². The van der Waals surface area contributed by atoms with E-state index in [2.05, 4.69) is 52.1 Å². The van der Waals surface area contributed by atoms with Crippen LogP contribution in [0.15, 0.2) is 16.6 Å². The van der Waals surface area contributed by atoms with Gasteiger partial charge in [0.2, 0.25) is 0 Å². The summed E-state index contributed by atoms with van der Waals surface area (Å²) in [7, 11) is 2.05. The van der Waals surface area contributed by atoms with Crippen molar-refractivity contribution in [2.24, 2.45) is 0 Å². The maximum atomic E-state index is 3.69. The number of aryl methyl sites for hydroxylation is 2. The van der Waals surface area contributed by atoms with Crippen molar-refractivity contribution < 1.29 is 0 Å². The Morgan fingerprint density at radius 1 is 1.38 bits per heavy atom. The van der Waals surface area contributed by atoms with Gasteiger partial charge in [-0.15, -0.1) is 0 Å². The second-order valence-electron chi connectivity index (χ2n) is 4.63. The molecule has 16 heavy (non-hydrogen) atoms. The van der Waals surface area contributed by atoms with Gasteiger partial charge in [-0.05, 0) is 60.4 Å². The van der Waals surface area contributed by atoms with Crippen LogP contribution in [0.25, 0.3) is 0 Å². The van der Waals surface area contributed by atoms with E-state index in [0.29, 0.717) is 6.04 Å². The molecule has 0 spiro atoms. The summed E-state index contributed by atoms with van der Waals surface area (Å²) >= 11 is 3.69. The smallest absolute Gasteiger partial charge is 0.0541 e.